The average Bonchev–Trinajstić information content (AvgIpc) is 3.25. The van der Waals surface area contributed by atoms with Crippen molar-refractivity contribution < 1.29 is 30.0 Å². The van der Waals surface area contributed by atoms with Crippen LogP contribution in [0.1, 0.15) is 44.6 Å². The van der Waals surface area contributed by atoms with Gasteiger partial charge in [-0.25, -0.2) is 0 Å². The van der Waals surface area contributed by atoms with E-state index in [0.29, 0.717) is 29.7 Å². The van der Waals surface area contributed by atoms with Crippen LogP contribution in [-0.2, 0) is 9.59 Å². The number of carbonyl (C=O) groups is 2. The van der Waals surface area contributed by atoms with Gasteiger partial charge in [-0.3, -0.25) is 14.5 Å². The number of carbonyl (C=O) groups excluding carboxylic acids is 2. The van der Waals surface area contributed by atoms with Gasteiger partial charge in [-0.15, -0.1) is 0 Å². The SMILES string of the molecule is CCC/C(=C\c1ccc(O)c2ccccc12)CC[C@@H](O)C1=C(CO)C[C@H]2C(=O)N(c3ccccc3)C(=O)[C@H]2[C@H]1CO. The van der Waals surface area contributed by atoms with Crippen molar-refractivity contribution in [1.82, 2.24) is 0 Å². The molecule has 5 rings (SSSR count). The van der Waals surface area contributed by atoms with E-state index in [9.17, 15) is 30.0 Å². The predicted octanol–water partition coefficient (Wildman–Crippen LogP) is 4.98. The van der Waals surface area contributed by atoms with E-state index >= 15 is 0 Å². The summed E-state index contributed by atoms with van der Waals surface area (Å²) >= 11 is 0. The van der Waals surface area contributed by atoms with Crippen LogP contribution in [0.5, 0.6) is 5.75 Å². The van der Waals surface area contributed by atoms with Crippen molar-refractivity contribution in [2.24, 2.45) is 17.8 Å². The van der Waals surface area contributed by atoms with Crippen molar-refractivity contribution in [3.63, 3.8) is 0 Å². The van der Waals surface area contributed by atoms with Gasteiger partial charge in [0.25, 0.3) is 0 Å². The van der Waals surface area contributed by atoms with E-state index in [2.05, 4.69) is 13.0 Å². The molecule has 4 N–H and O–H groups in total. The average molecular weight is 556 g/mol. The van der Waals surface area contributed by atoms with E-state index in [1.54, 1.807) is 30.3 Å². The molecule has 3 aromatic carbocycles. The lowest BCUT2D eigenvalue weighted by atomic mass is 9.68. The molecule has 0 spiro atoms. The predicted molar refractivity (Wildman–Crippen MR) is 159 cm³/mol. The highest BCUT2D eigenvalue weighted by Crippen LogP contribution is 2.47. The first-order valence-electron chi connectivity index (χ1n) is 14.3. The summed E-state index contributed by atoms with van der Waals surface area (Å²) < 4.78 is 0. The van der Waals surface area contributed by atoms with E-state index in [1.165, 1.54) is 4.90 Å². The third-order valence-electron chi connectivity index (χ3n) is 8.55. The number of phenolic OH excluding ortho intramolecular Hbond substituents is 1. The molecule has 7 heteroatoms. The Morgan fingerprint density at radius 2 is 1.66 bits per heavy atom. The summed E-state index contributed by atoms with van der Waals surface area (Å²) in [6, 6.07) is 20.0. The van der Waals surface area contributed by atoms with Crippen LogP contribution >= 0.6 is 0 Å². The summed E-state index contributed by atoms with van der Waals surface area (Å²) in [6.45, 7) is 1.34. The molecule has 1 aliphatic heterocycles. The summed E-state index contributed by atoms with van der Waals surface area (Å²) in [5.74, 6) is -2.71. The van der Waals surface area contributed by atoms with E-state index in [-0.39, 0.29) is 30.6 Å². The zero-order valence-corrected chi connectivity index (χ0v) is 23.2. The van der Waals surface area contributed by atoms with Gasteiger partial charge in [-0.2, -0.15) is 0 Å². The number of aromatic hydroxyl groups is 1. The lowest BCUT2D eigenvalue weighted by molar-refractivity contribution is -0.123. The number of hydrogen-bond acceptors (Lipinski definition) is 6. The smallest absolute Gasteiger partial charge is 0.238 e. The highest BCUT2D eigenvalue weighted by atomic mass is 16.3. The minimum atomic E-state index is -0.985. The Bertz CT molecular complexity index is 1490. The summed E-state index contributed by atoms with van der Waals surface area (Å²) in [4.78, 5) is 28.1. The number of anilines is 1. The second-order valence-corrected chi connectivity index (χ2v) is 11.0. The Kier molecular flexibility index (Phi) is 8.68. The van der Waals surface area contributed by atoms with Crippen LogP contribution in [0.15, 0.2) is 83.4 Å². The molecule has 4 atom stereocenters. The van der Waals surface area contributed by atoms with Crippen molar-refractivity contribution in [2.75, 3.05) is 18.1 Å². The molecular formula is C34H37NO6. The Morgan fingerprint density at radius 1 is 0.951 bits per heavy atom. The third kappa shape index (κ3) is 5.45. The second kappa shape index (κ2) is 12.4. The minimum absolute atomic E-state index is 0.176. The molecule has 0 bridgehead atoms. The first-order chi connectivity index (χ1) is 19.9. The lowest BCUT2D eigenvalue weighted by Gasteiger charge is -2.36. The molecule has 3 aromatic rings. The Balaban J connectivity index is 1.41. The maximum atomic E-state index is 13.6. The summed E-state index contributed by atoms with van der Waals surface area (Å²) in [5.41, 5.74) is 3.61. The molecule has 2 amide bonds. The van der Waals surface area contributed by atoms with Crippen molar-refractivity contribution >= 4 is 34.4 Å². The number of phenols is 1. The zero-order chi connectivity index (χ0) is 29.1. The van der Waals surface area contributed by atoms with Gasteiger partial charge >= 0.3 is 0 Å². The molecule has 7 nitrogen and oxygen atoms in total. The fourth-order valence-corrected chi connectivity index (χ4v) is 6.66. The quantitative estimate of drug-likeness (QED) is 0.207. The number of aliphatic hydroxyl groups is 3. The molecule has 1 aliphatic carbocycles. The summed E-state index contributed by atoms with van der Waals surface area (Å²) in [6.07, 6.45) is 3.95. The molecule has 41 heavy (non-hydrogen) atoms. The molecule has 2 aliphatic rings. The molecule has 0 radical (unpaired) electrons. The monoisotopic (exact) mass is 555 g/mol. The highest BCUT2D eigenvalue weighted by Gasteiger charge is 2.55. The molecule has 1 heterocycles. The Labute approximate surface area is 240 Å². The van der Waals surface area contributed by atoms with Gasteiger partial charge in [-0.05, 0) is 66.0 Å². The van der Waals surface area contributed by atoms with Gasteiger partial charge in [-0.1, -0.05) is 73.5 Å². The van der Waals surface area contributed by atoms with Crippen LogP contribution < -0.4 is 4.90 Å². The zero-order valence-electron chi connectivity index (χ0n) is 23.2. The number of fused-ring (bicyclic) bond motifs is 2. The fraction of sp³-hybridized carbons (Fsp3) is 0.353. The van der Waals surface area contributed by atoms with E-state index < -0.39 is 30.5 Å². The van der Waals surface area contributed by atoms with Gasteiger partial charge in [0, 0.05) is 11.3 Å². The fourth-order valence-electron chi connectivity index (χ4n) is 6.66. The molecule has 1 fully saturated rings. The first kappa shape index (κ1) is 28.7. The van der Waals surface area contributed by atoms with Crippen LogP contribution in [-0.4, -0.2) is 51.6 Å². The van der Waals surface area contributed by atoms with E-state index in [0.717, 1.165) is 34.8 Å². The van der Waals surface area contributed by atoms with Gasteiger partial charge in [0.05, 0.1) is 36.8 Å². The number of para-hydroxylation sites is 1. The molecule has 0 unspecified atom stereocenters. The van der Waals surface area contributed by atoms with Gasteiger partial charge < -0.3 is 20.4 Å². The molecule has 0 saturated carbocycles. The summed E-state index contributed by atoms with van der Waals surface area (Å²) in [5, 5.41) is 44.2. The van der Waals surface area contributed by atoms with Crippen molar-refractivity contribution in [3.8, 4) is 5.75 Å². The molecule has 0 aromatic heterocycles. The first-order valence-corrected chi connectivity index (χ1v) is 14.3. The number of hydrogen-bond donors (Lipinski definition) is 4. The number of imide groups is 1. The van der Waals surface area contributed by atoms with Gasteiger partial charge in [0.1, 0.15) is 5.75 Å². The largest absolute Gasteiger partial charge is 0.507 e. The number of benzene rings is 3. The Hall–Kier alpha value is -3.78. The number of aliphatic hydroxyl groups excluding tert-OH is 3. The van der Waals surface area contributed by atoms with Crippen LogP contribution in [0.3, 0.4) is 0 Å². The van der Waals surface area contributed by atoms with Gasteiger partial charge in [0.15, 0.2) is 0 Å². The van der Waals surface area contributed by atoms with Crippen molar-refractivity contribution in [1.29, 1.82) is 0 Å². The number of rotatable bonds is 10. The maximum Gasteiger partial charge on any atom is 0.238 e. The Morgan fingerprint density at radius 3 is 2.34 bits per heavy atom. The minimum Gasteiger partial charge on any atom is -0.507 e. The molecule has 1 saturated heterocycles. The number of nitrogens with zero attached hydrogens (tertiary/aromatic N) is 1. The van der Waals surface area contributed by atoms with E-state index in [4.69, 9.17) is 0 Å². The number of amides is 2. The second-order valence-electron chi connectivity index (χ2n) is 11.0. The van der Waals surface area contributed by atoms with Crippen LogP contribution in [0.25, 0.3) is 16.8 Å². The summed E-state index contributed by atoms with van der Waals surface area (Å²) in [7, 11) is 0. The topological polar surface area (TPSA) is 118 Å². The van der Waals surface area contributed by atoms with E-state index in [1.807, 2.05) is 36.4 Å². The van der Waals surface area contributed by atoms with Crippen LogP contribution in [0.4, 0.5) is 5.69 Å². The van der Waals surface area contributed by atoms with Crippen LogP contribution in [0, 0.1) is 17.8 Å². The van der Waals surface area contributed by atoms with Crippen molar-refractivity contribution in [3.05, 3.63) is 89.0 Å². The maximum absolute atomic E-state index is 13.6. The lowest BCUT2D eigenvalue weighted by Crippen LogP contribution is -2.39. The molecule has 214 valence electrons. The third-order valence-corrected chi connectivity index (χ3v) is 8.55. The standard InChI is InChI=1S/C34H37NO6/c1-2-8-21(17-22-14-16-29(38)26-12-7-6-11-25(22)26)13-15-30(39)31-23(19-36)18-27-32(28(31)20-37)34(41)35(33(27)40)24-9-4-3-5-10-24/h3-7,9-12,14,16-17,27-28,30,32,36-39H,2,8,13,15,18-20H2,1H3/b21-17+/t27-,28+,30-,32-/m1/s1. The highest BCUT2D eigenvalue weighted by molar-refractivity contribution is 6.22. The van der Waals surface area contributed by atoms with Gasteiger partial charge in [0.2, 0.25) is 11.8 Å². The number of allylic oxidation sites excluding steroid dienone is 1. The normalized spacial score (nSPS) is 22.0. The molecular weight excluding hydrogens is 518 g/mol. The van der Waals surface area contributed by atoms with Crippen molar-refractivity contribution in [2.45, 2.75) is 45.1 Å². The van der Waals surface area contributed by atoms with Crippen LogP contribution in [0.2, 0.25) is 0 Å².